The molecule has 0 saturated heterocycles. The Balaban J connectivity index is 1.59. The summed E-state index contributed by atoms with van der Waals surface area (Å²) in [6.07, 6.45) is 6.75. The molecule has 0 atom stereocenters. The molecule has 1 aliphatic carbocycles. The summed E-state index contributed by atoms with van der Waals surface area (Å²) in [5.41, 5.74) is 6.41. The van der Waals surface area contributed by atoms with Crippen molar-refractivity contribution < 1.29 is 9.47 Å². The average Bonchev–Trinajstić information content (AvgIpc) is 2.48. The van der Waals surface area contributed by atoms with Crippen molar-refractivity contribution in [2.75, 3.05) is 19.8 Å². The van der Waals surface area contributed by atoms with Crippen LogP contribution in [0.25, 0.3) is 0 Å². The SMILES string of the molecule is NC(=S)c1ccc(OCCOCC2CCCCC2)cc1. The van der Waals surface area contributed by atoms with E-state index < -0.39 is 0 Å². The molecule has 0 radical (unpaired) electrons. The summed E-state index contributed by atoms with van der Waals surface area (Å²) < 4.78 is 11.3. The second kappa shape index (κ2) is 8.22. The second-order valence-electron chi connectivity index (χ2n) is 5.32. The van der Waals surface area contributed by atoms with Crippen molar-refractivity contribution in [2.45, 2.75) is 32.1 Å². The number of hydrogen-bond donors (Lipinski definition) is 1. The van der Waals surface area contributed by atoms with E-state index in [-0.39, 0.29) is 0 Å². The third-order valence-corrected chi connectivity index (χ3v) is 3.95. The molecule has 2 N–H and O–H groups in total. The highest BCUT2D eigenvalue weighted by molar-refractivity contribution is 7.80. The molecule has 0 heterocycles. The van der Waals surface area contributed by atoms with E-state index in [1.807, 2.05) is 24.3 Å². The maximum atomic E-state index is 5.69. The highest BCUT2D eigenvalue weighted by Gasteiger charge is 2.12. The van der Waals surface area contributed by atoms with Gasteiger partial charge in [-0.2, -0.15) is 0 Å². The quantitative estimate of drug-likeness (QED) is 0.619. The molecule has 1 fully saturated rings. The minimum atomic E-state index is 0.410. The molecule has 4 heteroatoms. The van der Waals surface area contributed by atoms with Crippen LogP contribution in [0.15, 0.2) is 24.3 Å². The Hall–Kier alpha value is -1.13. The molecule has 1 aliphatic rings. The number of thiocarbonyl (C=S) groups is 1. The highest BCUT2D eigenvalue weighted by Crippen LogP contribution is 2.23. The first-order valence-corrected chi connectivity index (χ1v) is 7.77. The lowest BCUT2D eigenvalue weighted by molar-refractivity contribution is 0.0635. The summed E-state index contributed by atoms with van der Waals surface area (Å²) in [6, 6.07) is 7.52. The van der Waals surface area contributed by atoms with Crippen LogP contribution in [-0.2, 0) is 4.74 Å². The Bertz CT molecular complexity index is 413. The fraction of sp³-hybridized carbons (Fsp3) is 0.562. The van der Waals surface area contributed by atoms with E-state index in [4.69, 9.17) is 27.4 Å². The topological polar surface area (TPSA) is 44.5 Å². The fourth-order valence-corrected chi connectivity index (χ4v) is 2.67. The van der Waals surface area contributed by atoms with Gasteiger partial charge < -0.3 is 15.2 Å². The molecule has 1 saturated carbocycles. The van der Waals surface area contributed by atoms with Gasteiger partial charge in [-0.25, -0.2) is 0 Å². The van der Waals surface area contributed by atoms with Gasteiger partial charge in [0.15, 0.2) is 0 Å². The molecule has 0 bridgehead atoms. The van der Waals surface area contributed by atoms with Gasteiger partial charge in [0.05, 0.1) is 6.61 Å². The molecule has 0 amide bonds. The van der Waals surface area contributed by atoms with Gasteiger partial charge in [0.25, 0.3) is 0 Å². The Morgan fingerprint density at radius 1 is 1.10 bits per heavy atom. The van der Waals surface area contributed by atoms with Crippen molar-refractivity contribution >= 4 is 17.2 Å². The predicted molar refractivity (Wildman–Crippen MR) is 85.2 cm³/mol. The van der Waals surface area contributed by atoms with Crippen LogP contribution >= 0.6 is 12.2 Å². The molecule has 1 aromatic carbocycles. The zero-order chi connectivity index (χ0) is 14.2. The first-order chi connectivity index (χ1) is 9.75. The normalized spacial score (nSPS) is 16.0. The molecule has 2 rings (SSSR count). The molecule has 0 unspecified atom stereocenters. The van der Waals surface area contributed by atoms with Gasteiger partial charge in [-0.05, 0) is 43.0 Å². The third kappa shape index (κ3) is 5.10. The van der Waals surface area contributed by atoms with Gasteiger partial charge in [-0.3, -0.25) is 0 Å². The van der Waals surface area contributed by atoms with Crippen molar-refractivity contribution in [3.8, 4) is 5.75 Å². The van der Waals surface area contributed by atoms with Crippen molar-refractivity contribution in [3.63, 3.8) is 0 Å². The predicted octanol–water partition coefficient (Wildman–Crippen LogP) is 3.30. The van der Waals surface area contributed by atoms with Gasteiger partial charge in [0, 0.05) is 12.2 Å². The zero-order valence-electron chi connectivity index (χ0n) is 11.8. The largest absolute Gasteiger partial charge is 0.491 e. The van der Waals surface area contributed by atoms with Crippen LogP contribution in [0, 0.1) is 5.92 Å². The number of ether oxygens (including phenoxy) is 2. The van der Waals surface area contributed by atoms with Crippen LogP contribution in [0.3, 0.4) is 0 Å². The molecular formula is C16H23NO2S. The lowest BCUT2D eigenvalue weighted by Gasteiger charge is -2.21. The molecular weight excluding hydrogens is 270 g/mol. The van der Waals surface area contributed by atoms with Crippen LogP contribution in [0.4, 0.5) is 0 Å². The summed E-state index contributed by atoms with van der Waals surface area (Å²) in [5, 5.41) is 0. The monoisotopic (exact) mass is 293 g/mol. The van der Waals surface area contributed by atoms with Gasteiger partial charge in [0.1, 0.15) is 17.3 Å². The maximum Gasteiger partial charge on any atom is 0.119 e. The fourth-order valence-electron chi connectivity index (χ4n) is 2.54. The van der Waals surface area contributed by atoms with E-state index in [2.05, 4.69) is 0 Å². The number of hydrogen-bond acceptors (Lipinski definition) is 3. The molecule has 0 spiro atoms. The Labute approximate surface area is 126 Å². The lowest BCUT2D eigenvalue weighted by atomic mass is 9.90. The minimum Gasteiger partial charge on any atom is -0.491 e. The number of nitrogens with two attached hydrogens (primary N) is 1. The van der Waals surface area contributed by atoms with Crippen LogP contribution in [-0.4, -0.2) is 24.8 Å². The summed E-state index contributed by atoms with van der Waals surface area (Å²) >= 11 is 4.91. The average molecular weight is 293 g/mol. The molecule has 3 nitrogen and oxygen atoms in total. The van der Waals surface area contributed by atoms with Gasteiger partial charge >= 0.3 is 0 Å². The standard InChI is InChI=1S/C16H23NO2S/c17-16(20)14-6-8-15(9-7-14)19-11-10-18-12-13-4-2-1-3-5-13/h6-9,13H,1-5,10-12H2,(H2,17,20). The first-order valence-electron chi connectivity index (χ1n) is 7.36. The lowest BCUT2D eigenvalue weighted by Crippen LogP contribution is -2.16. The second-order valence-corrected chi connectivity index (χ2v) is 5.76. The van der Waals surface area contributed by atoms with Gasteiger partial charge in [-0.15, -0.1) is 0 Å². The van der Waals surface area contributed by atoms with Gasteiger partial charge in [0.2, 0.25) is 0 Å². The van der Waals surface area contributed by atoms with E-state index in [0.29, 0.717) is 18.2 Å². The first kappa shape index (κ1) is 15.3. The van der Waals surface area contributed by atoms with E-state index in [0.717, 1.165) is 23.8 Å². The van der Waals surface area contributed by atoms with Crippen molar-refractivity contribution in [3.05, 3.63) is 29.8 Å². The van der Waals surface area contributed by atoms with Crippen LogP contribution in [0.5, 0.6) is 5.75 Å². The zero-order valence-corrected chi connectivity index (χ0v) is 12.7. The van der Waals surface area contributed by atoms with Gasteiger partial charge in [-0.1, -0.05) is 31.5 Å². The molecule has 110 valence electrons. The molecule has 20 heavy (non-hydrogen) atoms. The van der Waals surface area contributed by atoms with Crippen LogP contribution < -0.4 is 10.5 Å². The van der Waals surface area contributed by atoms with Crippen LogP contribution in [0.2, 0.25) is 0 Å². The van der Waals surface area contributed by atoms with E-state index in [9.17, 15) is 0 Å². The van der Waals surface area contributed by atoms with Crippen LogP contribution in [0.1, 0.15) is 37.7 Å². The summed E-state index contributed by atoms with van der Waals surface area (Å²) in [5.74, 6) is 1.58. The van der Waals surface area contributed by atoms with Crippen molar-refractivity contribution in [1.82, 2.24) is 0 Å². The Morgan fingerprint density at radius 3 is 2.45 bits per heavy atom. The summed E-state index contributed by atoms with van der Waals surface area (Å²) in [4.78, 5) is 0.410. The van der Waals surface area contributed by atoms with Crippen molar-refractivity contribution in [2.24, 2.45) is 11.7 Å². The Morgan fingerprint density at radius 2 is 1.80 bits per heavy atom. The smallest absolute Gasteiger partial charge is 0.119 e. The van der Waals surface area contributed by atoms with E-state index >= 15 is 0 Å². The molecule has 1 aromatic rings. The number of rotatable bonds is 7. The highest BCUT2D eigenvalue weighted by atomic mass is 32.1. The number of benzene rings is 1. The van der Waals surface area contributed by atoms with E-state index in [1.165, 1.54) is 32.1 Å². The van der Waals surface area contributed by atoms with E-state index in [1.54, 1.807) is 0 Å². The third-order valence-electron chi connectivity index (χ3n) is 3.71. The Kier molecular flexibility index (Phi) is 6.27. The summed E-state index contributed by atoms with van der Waals surface area (Å²) in [6.45, 7) is 2.11. The van der Waals surface area contributed by atoms with Crippen molar-refractivity contribution in [1.29, 1.82) is 0 Å². The maximum absolute atomic E-state index is 5.69. The minimum absolute atomic E-state index is 0.410. The molecule has 0 aliphatic heterocycles. The molecule has 0 aromatic heterocycles. The summed E-state index contributed by atoms with van der Waals surface area (Å²) in [7, 11) is 0.